The van der Waals surface area contributed by atoms with Gasteiger partial charge in [-0.1, -0.05) is 12.8 Å². The molecule has 2 amide bonds. The summed E-state index contributed by atoms with van der Waals surface area (Å²) >= 11 is 0. The topological polar surface area (TPSA) is 53.1 Å². The number of carbonyl (C=O) groups excluding carboxylic acids is 2. The fourth-order valence-corrected chi connectivity index (χ4v) is 4.36. The zero-order chi connectivity index (χ0) is 16.9. The number of nitrogens with zero attached hydrogens (tertiary/aromatic N) is 3. The normalized spacial score (nSPS) is 26.5. The number of rotatable bonds is 6. The predicted octanol–water partition coefficient (Wildman–Crippen LogP) is 0.958. The van der Waals surface area contributed by atoms with Crippen molar-refractivity contribution >= 4 is 11.8 Å². The quantitative estimate of drug-likeness (QED) is 0.724. The van der Waals surface area contributed by atoms with E-state index in [0.717, 1.165) is 45.6 Å². The second-order valence-corrected chi connectivity index (χ2v) is 7.39. The first-order valence-electron chi connectivity index (χ1n) is 9.48. The van der Waals surface area contributed by atoms with Gasteiger partial charge >= 0.3 is 0 Å². The second kappa shape index (κ2) is 8.30. The van der Waals surface area contributed by atoms with Gasteiger partial charge in [-0.3, -0.25) is 14.5 Å². The van der Waals surface area contributed by atoms with E-state index < -0.39 is 0 Å². The largest absolute Gasteiger partial charge is 0.383 e. The van der Waals surface area contributed by atoms with Crippen LogP contribution in [-0.2, 0) is 14.3 Å². The molecule has 2 heterocycles. The number of hydrogen-bond acceptors (Lipinski definition) is 4. The molecule has 2 aliphatic heterocycles. The van der Waals surface area contributed by atoms with E-state index in [1.807, 2.05) is 9.80 Å². The van der Waals surface area contributed by atoms with Crippen molar-refractivity contribution in [2.24, 2.45) is 5.92 Å². The van der Waals surface area contributed by atoms with Crippen LogP contribution in [0.1, 0.15) is 38.5 Å². The van der Waals surface area contributed by atoms with Gasteiger partial charge in [-0.15, -0.1) is 0 Å². The molecule has 0 aromatic heterocycles. The van der Waals surface area contributed by atoms with Crippen LogP contribution in [0.5, 0.6) is 0 Å². The van der Waals surface area contributed by atoms with Crippen LogP contribution in [0.4, 0.5) is 0 Å². The molecule has 3 rings (SSSR count). The highest BCUT2D eigenvalue weighted by atomic mass is 16.5. The average molecular weight is 337 g/mol. The van der Waals surface area contributed by atoms with Crippen LogP contribution in [0.2, 0.25) is 0 Å². The van der Waals surface area contributed by atoms with E-state index in [9.17, 15) is 9.59 Å². The maximum absolute atomic E-state index is 12.5. The van der Waals surface area contributed by atoms with Gasteiger partial charge in [0.2, 0.25) is 11.8 Å². The number of ether oxygens (including phenoxy) is 1. The third-order valence-corrected chi connectivity index (χ3v) is 5.88. The van der Waals surface area contributed by atoms with Crippen LogP contribution in [0.25, 0.3) is 0 Å². The Morgan fingerprint density at radius 2 is 1.79 bits per heavy atom. The van der Waals surface area contributed by atoms with E-state index in [-0.39, 0.29) is 11.9 Å². The van der Waals surface area contributed by atoms with E-state index in [4.69, 9.17) is 4.74 Å². The molecule has 0 radical (unpaired) electrons. The SMILES string of the molecule is COCCN1CCC(N2CCN(C(=O)CC3CCCC3)CC2)C1=O. The van der Waals surface area contributed by atoms with Crippen molar-refractivity contribution in [3.05, 3.63) is 0 Å². The van der Waals surface area contributed by atoms with Gasteiger partial charge in [0, 0.05) is 52.8 Å². The minimum atomic E-state index is 0.00828. The molecule has 1 aliphatic carbocycles. The minimum absolute atomic E-state index is 0.00828. The minimum Gasteiger partial charge on any atom is -0.383 e. The standard InChI is InChI=1S/C18H31N3O3/c1-24-13-12-21-7-6-16(18(21)23)19-8-10-20(11-9-19)17(22)14-15-4-2-3-5-15/h15-16H,2-14H2,1H3. The monoisotopic (exact) mass is 337 g/mol. The van der Waals surface area contributed by atoms with Gasteiger partial charge in [0.15, 0.2) is 0 Å². The van der Waals surface area contributed by atoms with Gasteiger partial charge in [-0.25, -0.2) is 0 Å². The van der Waals surface area contributed by atoms with Gasteiger partial charge in [0.05, 0.1) is 12.6 Å². The molecular formula is C18H31N3O3. The van der Waals surface area contributed by atoms with Crippen LogP contribution >= 0.6 is 0 Å². The van der Waals surface area contributed by atoms with Crippen LogP contribution in [0.15, 0.2) is 0 Å². The second-order valence-electron chi connectivity index (χ2n) is 7.39. The Morgan fingerprint density at radius 1 is 1.08 bits per heavy atom. The average Bonchev–Trinajstić information content (AvgIpc) is 3.23. The highest BCUT2D eigenvalue weighted by Crippen LogP contribution is 2.28. The summed E-state index contributed by atoms with van der Waals surface area (Å²) in [6, 6.07) is 0.00828. The molecule has 0 bridgehead atoms. The summed E-state index contributed by atoms with van der Waals surface area (Å²) in [5.74, 6) is 1.17. The van der Waals surface area contributed by atoms with Crippen LogP contribution in [-0.4, -0.2) is 85.5 Å². The third-order valence-electron chi connectivity index (χ3n) is 5.88. The lowest BCUT2D eigenvalue weighted by atomic mass is 10.0. The van der Waals surface area contributed by atoms with Crippen molar-refractivity contribution in [1.82, 2.24) is 14.7 Å². The molecule has 1 saturated carbocycles. The first kappa shape index (κ1) is 17.7. The van der Waals surface area contributed by atoms with Crippen molar-refractivity contribution in [2.75, 3.05) is 53.0 Å². The van der Waals surface area contributed by atoms with Gasteiger partial charge < -0.3 is 14.5 Å². The predicted molar refractivity (Wildman–Crippen MR) is 91.6 cm³/mol. The fraction of sp³-hybridized carbons (Fsp3) is 0.889. The molecule has 6 nitrogen and oxygen atoms in total. The summed E-state index contributed by atoms with van der Waals surface area (Å²) in [5, 5.41) is 0. The molecule has 1 unspecified atom stereocenters. The van der Waals surface area contributed by atoms with Crippen LogP contribution in [0, 0.1) is 5.92 Å². The molecular weight excluding hydrogens is 306 g/mol. The van der Waals surface area contributed by atoms with Gasteiger partial charge in [-0.05, 0) is 25.2 Å². The first-order chi connectivity index (χ1) is 11.7. The number of hydrogen-bond donors (Lipinski definition) is 0. The van der Waals surface area contributed by atoms with Crippen molar-refractivity contribution < 1.29 is 14.3 Å². The molecule has 0 spiro atoms. The van der Waals surface area contributed by atoms with Crippen molar-refractivity contribution in [2.45, 2.75) is 44.6 Å². The van der Waals surface area contributed by atoms with Gasteiger partial charge in [0.1, 0.15) is 0 Å². The third kappa shape index (κ3) is 4.09. The van der Waals surface area contributed by atoms with E-state index >= 15 is 0 Å². The van der Waals surface area contributed by atoms with E-state index in [2.05, 4.69) is 4.90 Å². The number of carbonyl (C=O) groups is 2. The molecule has 1 atom stereocenters. The van der Waals surface area contributed by atoms with E-state index in [0.29, 0.717) is 25.0 Å². The van der Waals surface area contributed by atoms with Crippen molar-refractivity contribution in [1.29, 1.82) is 0 Å². The number of likely N-dealkylation sites (tertiary alicyclic amines) is 1. The highest BCUT2D eigenvalue weighted by molar-refractivity contribution is 5.84. The van der Waals surface area contributed by atoms with E-state index in [1.54, 1.807) is 7.11 Å². The maximum atomic E-state index is 12.5. The smallest absolute Gasteiger partial charge is 0.240 e. The molecule has 6 heteroatoms. The van der Waals surface area contributed by atoms with Crippen LogP contribution in [0.3, 0.4) is 0 Å². The molecule has 0 aromatic rings. The number of piperazine rings is 1. The lowest BCUT2D eigenvalue weighted by Gasteiger charge is -2.37. The highest BCUT2D eigenvalue weighted by Gasteiger charge is 2.37. The molecule has 0 N–H and O–H groups in total. The molecule has 24 heavy (non-hydrogen) atoms. The van der Waals surface area contributed by atoms with Gasteiger partial charge in [0.25, 0.3) is 0 Å². The first-order valence-corrected chi connectivity index (χ1v) is 9.48. The summed E-state index contributed by atoms with van der Waals surface area (Å²) in [5.41, 5.74) is 0. The maximum Gasteiger partial charge on any atom is 0.240 e. The fourth-order valence-electron chi connectivity index (χ4n) is 4.36. The summed E-state index contributed by atoms with van der Waals surface area (Å²) in [6.07, 6.45) is 6.65. The zero-order valence-corrected chi connectivity index (χ0v) is 14.9. The molecule has 3 aliphatic rings. The summed E-state index contributed by atoms with van der Waals surface area (Å²) in [4.78, 5) is 31.1. The Labute approximate surface area is 145 Å². The van der Waals surface area contributed by atoms with Gasteiger partial charge in [-0.2, -0.15) is 0 Å². The van der Waals surface area contributed by atoms with Crippen molar-refractivity contribution in [3.8, 4) is 0 Å². The number of methoxy groups -OCH3 is 1. The zero-order valence-electron chi connectivity index (χ0n) is 14.9. The molecule has 136 valence electrons. The Balaban J connectivity index is 1.43. The molecule has 0 aromatic carbocycles. The van der Waals surface area contributed by atoms with Crippen LogP contribution < -0.4 is 0 Å². The summed E-state index contributed by atoms with van der Waals surface area (Å²) < 4.78 is 5.08. The Morgan fingerprint density at radius 3 is 2.46 bits per heavy atom. The molecule has 3 fully saturated rings. The molecule has 2 saturated heterocycles. The Kier molecular flexibility index (Phi) is 6.11. The van der Waals surface area contributed by atoms with Crippen molar-refractivity contribution in [3.63, 3.8) is 0 Å². The summed E-state index contributed by atoms with van der Waals surface area (Å²) in [6.45, 7) is 5.30. The lowest BCUT2D eigenvalue weighted by Crippen LogP contribution is -2.54. The van der Waals surface area contributed by atoms with E-state index in [1.165, 1.54) is 25.7 Å². The lowest BCUT2D eigenvalue weighted by molar-refractivity contribution is -0.136. The Bertz CT molecular complexity index is 443. The number of amides is 2. The Hall–Kier alpha value is -1.14. The summed E-state index contributed by atoms with van der Waals surface area (Å²) in [7, 11) is 1.67.